The number of halogens is 3. The zero-order valence-corrected chi connectivity index (χ0v) is 17.4. The molecule has 1 N–H and O–H groups in total. The molecule has 7 nitrogen and oxygen atoms in total. The molecule has 0 radical (unpaired) electrons. The molecule has 174 valence electrons. The SMILES string of the molecule is CCOc1ccc(OCCNC(=O)COC(=O)c2ccc(COCC(F)(F)F)cc2)cc1. The standard InChI is InChI=1S/C22H24F3NO6/c1-2-30-18-7-9-19(10-8-18)31-12-11-26-20(27)14-32-21(28)17-5-3-16(4-6-17)13-29-15-22(23,24)25/h3-10H,2,11-15H2,1H3,(H,26,27). The second kappa shape index (κ2) is 12.6. The van der Waals surface area contributed by atoms with Crippen LogP contribution >= 0.6 is 0 Å². The quantitative estimate of drug-likeness (QED) is 0.390. The second-order valence-corrected chi connectivity index (χ2v) is 6.48. The van der Waals surface area contributed by atoms with Gasteiger partial charge in [-0.05, 0) is 48.9 Å². The largest absolute Gasteiger partial charge is 0.494 e. The van der Waals surface area contributed by atoms with Gasteiger partial charge in [0.15, 0.2) is 6.61 Å². The molecule has 0 aliphatic carbocycles. The minimum atomic E-state index is -4.40. The lowest BCUT2D eigenvalue weighted by Crippen LogP contribution is -2.32. The van der Waals surface area contributed by atoms with Gasteiger partial charge in [0, 0.05) is 0 Å². The summed E-state index contributed by atoms with van der Waals surface area (Å²) in [6, 6.07) is 12.7. The van der Waals surface area contributed by atoms with Crippen molar-refractivity contribution in [3.63, 3.8) is 0 Å². The maximum absolute atomic E-state index is 12.1. The first-order valence-electron chi connectivity index (χ1n) is 9.79. The first-order chi connectivity index (χ1) is 15.3. The van der Waals surface area contributed by atoms with Crippen molar-refractivity contribution in [1.29, 1.82) is 0 Å². The predicted molar refractivity (Wildman–Crippen MR) is 109 cm³/mol. The Kier molecular flexibility index (Phi) is 9.80. The van der Waals surface area contributed by atoms with Gasteiger partial charge in [-0.1, -0.05) is 12.1 Å². The van der Waals surface area contributed by atoms with Crippen molar-refractivity contribution in [3.05, 3.63) is 59.7 Å². The lowest BCUT2D eigenvalue weighted by Gasteiger charge is -2.10. The van der Waals surface area contributed by atoms with Crippen LogP contribution in [0.5, 0.6) is 11.5 Å². The van der Waals surface area contributed by atoms with Crippen LogP contribution in [-0.2, 0) is 20.9 Å². The van der Waals surface area contributed by atoms with Crippen LogP contribution in [-0.4, -0.2) is 51.0 Å². The number of hydrogen-bond acceptors (Lipinski definition) is 6. The molecule has 0 spiro atoms. The molecule has 0 aliphatic heterocycles. The minimum absolute atomic E-state index is 0.163. The second-order valence-electron chi connectivity index (χ2n) is 6.48. The highest BCUT2D eigenvalue weighted by molar-refractivity contribution is 5.91. The molecular formula is C22H24F3NO6. The number of rotatable bonds is 12. The van der Waals surface area contributed by atoms with E-state index in [1.165, 1.54) is 24.3 Å². The van der Waals surface area contributed by atoms with Gasteiger partial charge in [-0.15, -0.1) is 0 Å². The van der Waals surface area contributed by atoms with Crippen LogP contribution in [0.2, 0.25) is 0 Å². The minimum Gasteiger partial charge on any atom is -0.494 e. The van der Waals surface area contributed by atoms with Gasteiger partial charge in [-0.2, -0.15) is 13.2 Å². The first kappa shape index (κ1) is 25.0. The lowest BCUT2D eigenvalue weighted by atomic mass is 10.1. The number of benzene rings is 2. The molecule has 2 aromatic carbocycles. The van der Waals surface area contributed by atoms with Gasteiger partial charge in [-0.25, -0.2) is 4.79 Å². The van der Waals surface area contributed by atoms with E-state index in [1.807, 2.05) is 6.92 Å². The summed E-state index contributed by atoms with van der Waals surface area (Å²) in [5, 5.41) is 2.56. The lowest BCUT2D eigenvalue weighted by molar-refractivity contribution is -0.176. The number of ether oxygens (including phenoxy) is 4. The van der Waals surface area contributed by atoms with Crippen LogP contribution < -0.4 is 14.8 Å². The number of nitrogens with one attached hydrogen (secondary N) is 1. The van der Waals surface area contributed by atoms with Crippen LogP contribution in [0, 0.1) is 0 Å². The average Bonchev–Trinajstić information content (AvgIpc) is 2.76. The molecule has 0 bridgehead atoms. The Morgan fingerprint density at radius 3 is 2.16 bits per heavy atom. The Labute approximate surface area is 183 Å². The average molecular weight is 455 g/mol. The Balaban J connectivity index is 1.63. The van der Waals surface area contributed by atoms with E-state index in [1.54, 1.807) is 24.3 Å². The van der Waals surface area contributed by atoms with Crippen LogP contribution in [0.1, 0.15) is 22.8 Å². The number of hydrogen-bond donors (Lipinski definition) is 1. The Morgan fingerprint density at radius 2 is 1.56 bits per heavy atom. The molecule has 0 heterocycles. The van der Waals surface area contributed by atoms with Crippen LogP contribution in [0.15, 0.2) is 48.5 Å². The number of alkyl halides is 3. The molecule has 0 saturated carbocycles. The normalized spacial score (nSPS) is 11.0. The van der Waals surface area contributed by atoms with E-state index in [-0.39, 0.29) is 25.3 Å². The molecule has 0 fully saturated rings. The van der Waals surface area contributed by atoms with Crippen molar-refractivity contribution < 1.29 is 41.7 Å². The molecule has 2 aromatic rings. The van der Waals surface area contributed by atoms with Crippen molar-refractivity contribution in [2.75, 3.05) is 33.0 Å². The zero-order chi connectivity index (χ0) is 23.4. The third-order valence-corrected chi connectivity index (χ3v) is 3.89. The van der Waals surface area contributed by atoms with Crippen molar-refractivity contribution >= 4 is 11.9 Å². The van der Waals surface area contributed by atoms with E-state index >= 15 is 0 Å². The van der Waals surface area contributed by atoms with E-state index in [4.69, 9.17) is 14.2 Å². The number of carbonyl (C=O) groups excluding carboxylic acids is 2. The van der Waals surface area contributed by atoms with E-state index in [0.29, 0.717) is 17.9 Å². The highest BCUT2D eigenvalue weighted by Gasteiger charge is 2.27. The maximum atomic E-state index is 12.1. The zero-order valence-electron chi connectivity index (χ0n) is 17.4. The number of esters is 1. The maximum Gasteiger partial charge on any atom is 0.411 e. The van der Waals surface area contributed by atoms with E-state index in [2.05, 4.69) is 10.1 Å². The van der Waals surface area contributed by atoms with Gasteiger partial charge in [0.2, 0.25) is 0 Å². The van der Waals surface area contributed by atoms with Crippen LogP contribution in [0.3, 0.4) is 0 Å². The molecule has 0 atom stereocenters. The van der Waals surface area contributed by atoms with Gasteiger partial charge in [0.25, 0.3) is 5.91 Å². The van der Waals surface area contributed by atoms with Gasteiger partial charge in [0.1, 0.15) is 24.7 Å². The number of amides is 1. The molecule has 32 heavy (non-hydrogen) atoms. The Hall–Kier alpha value is -3.27. The van der Waals surface area contributed by atoms with Gasteiger partial charge in [-0.3, -0.25) is 4.79 Å². The highest BCUT2D eigenvalue weighted by atomic mass is 19.4. The van der Waals surface area contributed by atoms with E-state index in [9.17, 15) is 22.8 Å². The Bertz CT molecular complexity index is 853. The molecule has 2 rings (SSSR count). The summed E-state index contributed by atoms with van der Waals surface area (Å²) in [5.74, 6) is 0.139. The molecular weight excluding hydrogens is 431 g/mol. The summed E-state index contributed by atoms with van der Waals surface area (Å²) in [6.45, 7) is 0.845. The fourth-order valence-corrected chi connectivity index (χ4v) is 2.45. The summed E-state index contributed by atoms with van der Waals surface area (Å²) < 4.78 is 56.5. The monoisotopic (exact) mass is 455 g/mol. The van der Waals surface area contributed by atoms with Crippen molar-refractivity contribution in [2.24, 2.45) is 0 Å². The fourth-order valence-electron chi connectivity index (χ4n) is 2.45. The topological polar surface area (TPSA) is 83.1 Å². The molecule has 0 aliphatic rings. The third kappa shape index (κ3) is 9.69. The first-order valence-corrected chi connectivity index (χ1v) is 9.79. The van der Waals surface area contributed by atoms with E-state index < -0.39 is 31.3 Å². The molecule has 1 amide bonds. The van der Waals surface area contributed by atoms with Gasteiger partial charge < -0.3 is 24.3 Å². The van der Waals surface area contributed by atoms with Crippen LogP contribution in [0.25, 0.3) is 0 Å². The smallest absolute Gasteiger partial charge is 0.411 e. The van der Waals surface area contributed by atoms with Gasteiger partial charge >= 0.3 is 12.1 Å². The summed E-state index contributed by atoms with van der Waals surface area (Å²) in [6.07, 6.45) is -4.40. The summed E-state index contributed by atoms with van der Waals surface area (Å²) in [5.41, 5.74) is 0.632. The summed E-state index contributed by atoms with van der Waals surface area (Å²) in [4.78, 5) is 23.8. The van der Waals surface area contributed by atoms with Crippen molar-refractivity contribution in [3.8, 4) is 11.5 Å². The number of carbonyl (C=O) groups is 2. The fraction of sp³-hybridized carbons (Fsp3) is 0.364. The van der Waals surface area contributed by atoms with Crippen molar-refractivity contribution in [2.45, 2.75) is 19.7 Å². The van der Waals surface area contributed by atoms with Crippen LogP contribution in [0.4, 0.5) is 13.2 Å². The van der Waals surface area contributed by atoms with Crippen molar-refractivity contribution in [1.82, 2.24) is 5.32 Å². The van der Waals surface area contributed by atoms with Gasteiger partial charge in [0.05, 0.1) is 25.3 Å². The Morgan fingerprint density at radius 1 is 0.938 bits per heavy atom. The van der Waals surface area contributed by atoms with E-state index in [0.717, 1.165) is 5.75 Å². The predicted octanol–water partition coefficient (Wildman–Crippen LogP) is 3.52. The molecule has 0 saturated heterocycles. The molecule has 0 aromatic heterocycles. The summed E-state index contributed by atoms with van der Waals surface area (Å²) in [7, 11) is 0. The molecule has 0 unspecified atom stereocenters. The summed E-state index contributed by atoms with van der Waals surface area (Å²) >= 11 is 0. The molecule has 10 heteroatoms. The highest BCUT2D eigenvalue weighted by Crippen LogP contribution is 2.17. The third-order valence-electron chi connectivity index (χ3n) is 3.89.